The van der Waals surface area contributed by atoms with Gasteiger partial charge in [0.1, 0.15) is 4.70 Å². The van der Waals surface area contributed by atoms with Crippen molar-refractivity contribution in [2.45, 2.75) is 26.4 Å². The summed E-state index contributed by atoms with van der Waals surface area (Å²) in [4.78, 5) is 26.4. The standard InChI is InChI=1S/C23H20N4O2S/c1-2-16-8-10-18(11-9-16)14-25-21(28)20-19(12-13-30-20)27-22(25)24-26(23(27)29)15-17-6-4-3-5-7-17/h3-13H,2,14-15H2,1H3. The Bertz CT molecular complexity index is 1460. The highest BCUT2D eigenvalue weighted by molar-refractivity contribution is 7.17. The van der Waals surface area contributed by atoms with E-state index in [-0.39, 0.29) is 11.2 Å². The second-order valence-corrected chi connectivity index (χ2v) is 8.17. The molecule has 3 aromatic heterocycles. The molecule has 0 aliphatic rings. The molecule has 0 spiro atoms. The SMILES string of the molecule is CCc1ccc(Cn2c(=O)c3sccc3n3c(=O)n(Cc4ccccc4)nc23)cc1. The molecule has 0 bridgehead atoms. The number of hydrogen-bond donors (Lipinski definition) is 0. The highest BCUT2D eigenvalue weighted by Gasteiger charge is 2.18. The van der Waals surface area contributed by atoms with E-state index in [1.54, 1.807) is 8.97 Å². The van der Waals surface area contributed by atoms with Gasteiger partial charge in [0.2, 0.25) is 5.78 Å². The number of thiophene rings is 1. The lowest BCUT2D eigenvalue weighted by atomic mass is 10.1. The molecule has 0 fully saturated rings. The van der Waals surface area contributed by atoms with Crippen LogP contribution in [0.5, 0.6) is 0 Å². The third kappa shape index (κ3) is 3.07. The molecule has 0 amide bonds. The van der Waals surface area contributed by atoms with Gasteiger partial charge in [-0.2, -0.15) is 0 Å². The number of aryl methyl sites for hydroxylation is 1. The maximum absolute atomic E-state index is 13.2. The first kappa shape index (κ1) is 18.6. The van der Waals surface area contributed by atoms with Crippen LogP contribution < -0.4 is 11.2 Å². The summed E-state index contributed by atoms with van der Waals surface area (Å²) in [6.07, 6.45) is 0.963. The Balaban J connectivity index is 1.70. The molecule has 0 saturated heterocycles. The van der Waals surface area contributed by atoms with Crippen LogP contribution in [0.1, 0.15) is 23.6 Å². The number of nitrogens with zero attached hydrogens (tertiary/aromatic N) is 4. The number of rotatable bonds is 5. The Morgan fingerprint density at radius 1 is 0.867 bits per heavy atom. The maximum atomic E-state index is 13.2. The molecule has 0 aliphatic carbocycles. The van der Waals surface area contributed by atoms with Gasteiger partial charge in [0.15, 0.2) is 0 Å². The largest absolute Gasteiger partial charge is 0.352 e. The molecular weight excluding hydrogens is 396 g/mol. The molecule has 5 rings (SSSR count). The lowest BCUT2D eigenvalue weighted by Crippen LogP contribution is -2.26. The van der Waals surface area contributed by atoms with Gasteiger partial charge >= 0.3 is 5.69 Å². The van der Waals surface area contributed by atoms with Crippen molar-refractivity contribution in [1.29, 1.82) is 0 Å². The van der Waals surface area contributed by atoms with Crippen molar-refractivity contribution in [2.75, 3.05) is 0 Å². The normalized spacial score (nSPS) is 11.5. The van der Waals surface area contributed by atoms with Crippen LogP contribution in [0.2, 0.25) is 0 Å². The van der Waals surface area contributed by atoms with Gasteiger partial charge in [0.05, 0.1) is 18.6 Å². The van der Waals surface area contributed by atoms with Crippen molar-refractivity contribution in [2.24, 2.45) is 0 Å². The lowest BCUT2D eigenvalue weighted by molar-refractivity contribution is 0.654. The third-order valence-electron chi connectivity index (χ3n) is 5.34. The van der Waals surface area contributed by atoms with E-state index in [0.717, 1.165) is 17.5 Å². The highest BCUT2D eigenvalue weighted by atomic mass is 32.1. The zero-order valence-corrected chi connectivity index (χ0v) is 17.3. The van der Waals surface area contributed by atoms with Gasteiger partial charge in [-0.3, -0.25) is 9.36 Å². The summed E-state index contributed by atoms with van der Waals surface area (Å²) in [5.74, 6) is 0.367. The van der Waals surface area contributed by atoms with E-state index in [4.69, 9.17) is 0 Å². The van der Waals surface area contributed by atoms with Crippen molar-refractivity contribution in [3.8, 4) is 0 Å². The first-order chi connectivity index (χ1) is 14.7. The zero-order valence-electron chi connectivity index (χ0n) is 16.5. The van der Waals surface area contributed by atoms with Gasteiger partial charge in [0.25, 0.3) is 5.56 Å². The Morgan fingerprint density at radius 3 is 2.30 bits per heavy atom. The van der Waals surface area contributed by atoms with E-state index in [1.807, 2.05) is 53.9 Å². The average molecular weight is 417 g/mol. The Kier molecular flexibility index (Phi) is 4.59. The minimum Gasteiger partial charge on any atom is -0.271 e. The number of hydrogen-bond acceptors (Lipinski definition) is 4. The van der Waals surface area contributed by atoms with Crippen LogP contribution in [-0.2, 0) is 19.5 Å². The van der Waals surface area contributed by atoms with Crippen LogP contribution >= 0.6 is 11.3 Å². The zero-order chi connectivity index (χ0) is 20.7. The van der Waals surface area contributed by atoms with E-state index in [1.165, 1.54) is 21.6 Å². The van der Waals surface area contributed by atoms with Crippen LogP contribution in [0.25, 0.3) is 16.0 Å². The second-order valence-electron chi connectivity index (χ2n) is 7.26. The molecule has 0 radical (unpaired) electrons. The number of fused-ring (bicyclic) bond motifs is 3. The van der Waals surface area contributed by atoms with Gasteiger partial charge in [0, 0.05) is 0 Å². The minimum absolute atomic E-state index is 0.121. The summed E-state index contributed by atoms with van der Waals surface area (Å²) in [6.45, 7) is 2.83. The predicted octanol–water partition coefficient (Wildman–Crippen LogP) is 3.53. The molecule has 7 heteroatoms. The van der Waals surface area contributed by atoms with Crippen molar-refractivity contribution in [1.82, 2.24) is 18.7 Å². The smallest absolute Gasteiger partial charge is 0.271 e. The molecule has 3 heterocycles. The molecule has 6 nitrogen and oxygen atoms in total. The van der Waals surface area contributed by atoms with Gasteiger partial charge in [-0.15, -0.1) is 16.4 Å². The van der Waals surface area contributed by atoms with Crippen LogP contribution in [0.4, 0.5) is 0 Å². The molecule has 0 saturated carbocycles. The van der Waals surface area contributed by atoms with E-state index >= 15 is 0 Å². The molecule has 0 atom stereocenters. The molecule has 5 aromatic rings. The van der Waals surface area contributed by atoms with Crippen molar-refractivity contribution in [3.63, 3.8) is 0 Å². The Labute approximate surface area is 176 Å². The molecule has 150 valence electrons. The second kappa shape index (κ2) is 7.42. The molecule has 0 unspecified atom stereocenters. The lowest BCUT2D eigenvalue weighted by Gasteiger charge is -2.08. The van der Waals surface area contributed by atoms with Crippen LogP contribution in [0, 0.1) is 0 Å². The quantitative estimate of drug-likeness (QED) is 0.440. The van der Waals surface area contributed by atoms with Crippen LogP contribution in [-0.4, -0.2) is 18.7 Å². The fourth-order valence-electron chi connectivity index (χ4n) is 3.70. The number of benzene rings is 2. The number of aromatic nitrogens is 4. The van der Waals surface area contributed by atoms with Crippen molar-refractivity contribution < 1.29 is 0 Å². The van der Waals surface area contributed by atoms with Gasteiger partial charge < -0.3 is 0 Å². The first-order valence-corrected chi connectivity index (χ1v) is 10.7. The minimum atomic E-state index is -0.243. The van der Waals surface area contributed by atoms with Gasteiger partial charge in [-0.25, -0.2) is 13.9 Å². The van der Waals surface area contributed by atoms with E-state index < -0.39 is 0 Å². The van der Waals surface area contributed by atoms with Gasteiger partial charge in [-0.05, 0) is 34.6 Å². The Morgan fingerprint density at radius 2 is 1.57 bits per heavy atom. The summed E-state index contributed by atoms with van der Waals surface area (Å²) in [5, 5.41) is 6.40. The summed E-state index contributed by atoms with van der Waals surface area (Å²) in [7, 11) is 0. The van der Waals surface area contributed by atoms with Crippen molar-refractivity contribution >= 4 is 27.3 Å². The summed E-state index contributed by atoms with van der Waals surface area (Å²) < 4.78 is 5.14. The molecule has 0 aliphatic heterocycles. The van der Waals surface area contributed by atoms with Crippen LogP contribution in [0.3, 0.4) is 0 Å². The molecule has 0 N–H and O–H groups in total. The predicted molar refractivity (Wildman–Crippen MR) is 120 cm³/mol. The van der Waals surface area contributed by atoms with E-state index in [0.29, 0.717) is 29.1 Å². The molecule has 2 aromatic carbocycles. The summed E-state index contributed by atoms with van der Waals surface area (Å²) in [6, 6.07) is 19.7. The average Bonchev–Trinajstić information content (AvgIpc) is 3.38. The summed E-state index contributed by atoms with van der Waals surface area (Å²) >= 11 is 1.35. The first-order valence-electron chi connectivity index (χ1n) is 9.87. The highest BCUT2D eigenvalue weighted by Crippen LogP contribution is 2.18. The van der Waals surface area contributed by atoms with Gasteiger partial charge in [-0.1, -0.05) is 61.5 Å². The fraction of sp³-hybridized carbons (Fsp3) is 0.174. The van der Waals surface area contributed by atoms with Crippen molar-refractivity contribution in [3.05, 3.63) is 104 Å². The monoisotopic (exact) mass is 416 g/mol. The molecular formula is C23H20N4O2S. The Hall–Kier alpha value is -3.45. The van der Waals surface area contributed by atoms with Crippen LogP contribution in [0.15, 0.2) is 75.6 Å². The van der Waals surface area contributed by atoms with E-state index in [2.05, 4.69) is 24.2 Å². The van der Waals surface area contributed by atoms with E-state index in [9.17, 15) is 9.59 Å². The maximum Gasteiger partial charge on any atom is 0.352 e. The molecule has 30 heavy (non-hydrogen) atoms. The third-order valence-corrected chi connectivity index (χ3v) is 6.23. The topological polar surface area (TPSA) is 61.3 Å². The fourth-order valence-corrected chi connectivity index (χ4v) is 4.52. The summed E-state index contributed by atoms with van der Waals surface area (Å²) in [5.41, 5.74) is 3.47.